The van der Waals surface area contributed by atoms with Gasteiger partial charge in [0.2, 0.25) is 0 Å². The van der Waals surface area contributed by atoms with Crippen LogP contribution in [-0.2, 0) is 4.79 Å². The minimum absolute atomic E-state index is 0.0251. The maximum atomic E-state index is 12.6. The van der Waals surface area contributed by atoms with E-state index in [0.717, 1.165) is 11.1 Å². The number of aliphatic carboxylic acids is 1. The Morgan fingerprint density at radius 1 is 1.25 bits per heavy atom. The van der Waals surface area contributed by atoms with Crippen LogP contribution < -0.4 is 0 Å². The number of carbonyl (C=O) groups is 2. The van der Waals surface area contributed by atoms with Crippen molar-refractivity contribution >= 4 is 11.9 Å². The zero-order valence-electron chi connectivity index (χ0n) is 12.6. The summed E-state index contributed by atoms with van der Waals surface area (Å²) < 4.78 is 0. The van der Waals surface area contributed by atoms with E-state index < -0.39 is 5.97 Å². The quantitative estimate of drug-likeness (QED) is 0.869. The summed E-state index contributed by atoms with van der Waals surface area (Å²) in [5.41, 5.74) is 2.78. The third kappa shape index (κ3) is 4.37. The van der Waals surface area contributed by atoms with Gasteiger partial charge < -0.3 is 10.0 Å². The minimum Gasteiger partial charge on any atom is -0.481 e. The molecule has 0 heterocycles. The number of nitrogens with zero attached hydrogens (tertiary/aromatic N) is 1. The Balaban J connectivity index is 2.85. The van der Waals surface area contributed by atoms with Gasteiger partial charge in [-0.2, -0.15) is 0 Å². The van der Waals surface area contributed by atoms with E-state index in [-0.39, 0.29) is 18.4 Å². The summed E-state index contributed by atoms with van der Waals surface area (Å²) in [6, 6.07) is 5.82. The normalized spacial score (nSPS) is 10.7. The Bertz CT molecular complexity index is 494. The predicted octanol–water partition coefficient (Wildman–Crippen LogP) is 3.02. The highest BCUT2D eigenvalue weighted by molar-refractivity contribution is 5.95. The molecule has 0 unspecified atom stereocenters. The molecular formula is C16H23NO3. The van der Waals surface area contributed by atoms with Crippen LogP contribution in [0.2, 0.25) is 0 Å². The molecule has 1 rings (SSSR count). The first-order valence-electron chi connectivity index (χ1n) is 6.93. The average Bonchev–Trinajstić information content (AvgIpc) is 2.33. The molecule has 0 aliphatic carbocycles. The lowest BCUT2D eigenvalue weighted by Gasteiger charge is -2.27. The summed E-state index contributed by atoms with van der Waals surface area (Å²) in [6.07, 6.45) is 0.563. The highest BCUT2D eigenvalue weighted by Crippen LogP contribution is 2.15. The van der Waals surface area contributed by atoms with Crippen molar-refractivity contribution in [2.24, 2.45) is 0 Å². The second kappa shape index (κ2) is 7.08. The van der Waals surface area contributed by atoms with Crippen LogP contribution in [0.1, 0.15) is 48.2 Å². The summed E-state index contributed by atoms with van der Waals surface area (Å²) in [5.74, 6) is -0.851. The van der Waals surface area contributed by atoms with E-state index >= 15 is 0 Å². The number of rotatable bonds is 6. The van der Waals surface area contributed by atoms with Gasteiger partial charge in [-0.1, -0.05) is 17.7 Å². The molecule has 0 aliphatic rings. The van der Waals surface area contributed by atoms with E-state index in [0.29, 0.717) is 18.5 Å². The van der Waals surface area contributed by atoms with E-state index in [1.54, 1.807) is 4.90 Å². The van der Waals surface area contributed by atoms with Gasteiger partial charge in [0, 0.05) is 24.6 Å². The third-order valence-corrected chi connectivity index (χ3v) is 3.29. The van der Waals surface area contributed by atoms with Crippen molar-refractivity contribution in [1.82, 2.24) is 4.90 Å². The minimum atomic E-state index is -0.826. The standard InChI is InChI=1S/C16H23NO3/c1-11(2)17(9-5-6-15(18)19)16(20)14-8-7-12(3)10-13(14)4/h7-8,10-11H,5-6,9H2,1-4H3,(H,18,19). The number of amides is 1. The van der Waals surface area contributed by atoms with Gasteiger partial charge in [-0.05, 0) is 45.7 Å². The molecule has 0 saturated heterocycles. The fourth-order valence-corrected chi connectivity index (χ4v) is 2.20. The Labute approximate surface area is 120 Å². The Kier molecular flexibility index (Phi) is 5.74. The molecule has 110 valence electrons. The number of aryl methyl sites for hydroxylation is 2. The first kappa shape index (κ1) is 16.2. The van der Waals surface area contributed by atoms with Gasteiger partial charge >= 0.3 is 5.97 Å². The van der Waals surface area contributed by atoms with Crippen LogP contribution in [0, 0.1) is 13.8 Å². The van der Waals surface area contributed by atoms with Gasteiger partial charge in [0.1, 0.15) is 0 Å². The number of benzene rings is 1. The van der Waals surface area contributed by atoms with Crippen molar-refractivity contribution in [1.29, 1.82) is 0 Å². The molecule has 1 aromatic carbocycles. The van der Waals surface area contributed by atoms with Crippen LogP contribution >= 0.6 is 0 Å². The molecule has 0 aliphatic heterocycles. The van der Waals surface area contributed by atoms with Gasteiger partial charge in [0.15, 0.2) is 0 Å². The maximum Gasteiger partial charge on any atom is 0.303 e. The molecule has 4 nitrogen and oxygen atoms in total. The lowest BCUT2D eigenvalue weighted by molar-refractivity contribution is -0.137. The first-order valence-corrected chi connectivity index (χ1v) is 6.93. The molecule has 4 heteroatoms. The van der Waals surface area contributed by atoms with E-state index in [1.165, 1.54) is 0 Å². The van der Waals surface area contributed by atoms with Crippen molar-refractivity contribution in [3.8, 4) is 0 Å². The van der Waals surface area contributed by atoms with Crippen molar-refractivity contribution in [3.63, 3.8) is 0 Å². The van der Waals surface area contributed by atoms with Crippen LogP contribution in [0.4, 0.5) is 0 Å². The zero-order chi connectivity index (χ0) is 15.3. The van der Waals surface area contributed by atoms with Crippen molar-refractivity contribution in [2.75, 3.05) is 6.54 Å². The fraction of sp³-hybridized carbons (Fsp3) is 0.500. The van der Waals surface area contributed by atoms with Crippen molar-refractivity contribution in [2.45, 2.75) is 46.6 Å². The monoisotopic (exact) mass is 277 g/mol. The number of carbonyl (C=O) groups excluding carboxylic acids is 1. The Morgan fingerprint density at radius 2 is 1.90 bits per heavy atom. The molecule has 0 aromatic heterocycles. The highest BCUT2D eigenvalue weighted by Gasteiger charge is 2.20. The predicted molar refractivity (Wildman–Crippen MR) is 79.0 cm³/mol. The summed E-state index contributed by atoms with van der Waals surface area (Å²) in [5, 5.41) is 8.69. The lowest BCUT2D eigenvalue weighted by Crippen LogP contribution is -2.38. The number of hydrogen-bond acceptors (Lipinski definition) is 2. The number of carboxylic acids is 1. The van der Waals surface area contributed by atoms with Gasteiger partial charge in [-0.15, -0.1) is 0 Å². The van der Waals surface area contributed by atoms with Crippen LogP contribution in [-0.4, -0.2) is 34.5 Å². The molecule has 0 saturated carbocycles. The third-order valence-electron chi connectivity index (χ3n) is 3.29. The molecule has 0 radical (unpaired) electrons. The van der Waals surface area contributed by atoms with E-state index in [4.69, 9.17) is 5.11 Å². The summed E-state index contributed by atoms with van der Waals surface area (Å²) in [7, 11) is 0. The average molecular weight is 277 g/mol. The first-order chi connectivity index (χ1) is 9.32. The van der Waals surface area contributed by atoms with E-state index in [9.17, 15) is 9.59 Å². The van der Waals surface area contributed by atoms with E-state index in [1.807, 2.05) is 45.9 Å². The van der Waals surface area contributed by atoms with Gasteiger partial charge in [0.25, 0.3) is 5.91 Å². The highest BCUT2D eigenvalue weighted by atomic mass is 16.4. The second-order valence-corrected chi connectivity index (χ2v) is 5.41. The summed E-state index contributed by atoms with van der Waals surface area (Å²) >= 11 is 0. The molecule has 0 atom stereocenters. The zero-order valence-corrected chi connectivity index (χ0v) is 12.6. The smallest absolute Gasteiger partial charge is 0.303 e. The molecule has 1 amide bonds. The molecular weight excluding hydrogens is 254 g/mol. The fourth-order valence-electron chi connectivity index (χ4n) is 2.20. The van der Waals surface area contributed by atoms with Gasteiger partial charge in [0.05, 0.1) is 0 Å². The molecule has 1 aromatic rings. The molecule has 0 bridgehead atoms. The summed E-state index contributed by atoms with van der Waals surface area (Å²) in [6.45, 7) is 8.28. The molecule has 0 spiro atoms. The Morgan fingerprint density at radius 3 is 2.40 bits per heavy atom. The Hall–Kier alpha value is -1.84. The number of hydrogen-bond donors (Lipinski definition) is 1. The van der Waals surface area contributed by atoms with Gasteiger partial charge in [-0.25, -0.2) is 0 Å². The van der Waals surface area contributed by atoms with Crippen molar-refractivity contribution < 1.29 is 14.7 Å². The molecule has 20 heavy (non-hydrogen) atoms. The molecule has 1 N–H and O–H groups in total. The van der Waals surface area contributed by atoms with E-state index in [2.05, 4.69) is 0 Å². The topological polar surface area (TPSA) is 57.6 Å². The largest absolute Gasteiger partial charge is 0.481 e. The van der Waals surface area contributed by atoms with Crippen LogP contribution in [0.3, 0.4) is 0 Å². The van der Waals surface area contributed by atoms with Crippen LogP contribution in [0.25, 0.3) is 0 Å². The van der Waals surface area contributed by atoms with Gasteiger partial charge in [-0.3, -0.25) is 9.59 Å². The maximum absolute atomic E-state index is 12.6. The lowest BCUT2D eigenvalue weighted by atomic mass is 10.0. The number of carboxylic acid groups (broad SMARTS) is 1. The second-order valence-electron chi connectivity index (χ2n) is 5.41. The van der Waals surface area contributed by atoms with Crippen LogP contribution in [0.15, 0.2) is 18.2 Å². The summed E-state index contributed by atoms with van der Waals surface area (Å²) in [4.78, 5) is 24.9. The van der Waals surface area contributed by atoms with Crippen LogP contribution in [0.5, 0.6) is 0 Å². The van der Waals surface area contributed by atoms with Crippen molar-refractivity contribution in [3.05, 3.63) is 34.9 Å². The molecule has 0 fully saturated rings. The SMILES string of the molecule is Cc1ccc(C(=O)N(CCCC(=O)O)C(C)C)c(C)c1.